The minimum absolute atomic E-state index is 0.285. The Kier molecular flexibility index (Phi) is 9.71. The fraction of sp³-hybridized carbons (Fsp3) is 0.800. The fourth-order valence-corrected chi connectivity index (χ4v) is 0.467. The van der Waals surface area contributed by atoms with Crippen molar-refractivity contribution >= 4 is 12.3 Å². The largest absolute Gasteiger partial charge is 0.553 e. The van der Waals surface area contributed by atoms with Crippen molar-refractivity contribution in [1.29, 1.82) is 0 Å². The van der Waals surface area contributed by atoms with Gasteiger partial charge in [0.05, 0.1) is 12.2 Å². The van der Waals surface area contributed by atoms with Gasteiger partial charge in [0, 0.05) is 0 Å². The normalized spacial score (nSPS) is 13.5. The van der Waals surface area contributed by atoms with Crippen molar-refractivity contribution in [1.82, 2.24) is 0 Å². The number of carbonyl (C=O) groups is 2. The lowest BCUT2D eigenvalue weighted by Gasteiger charge is -2.07. The molecule has 0 amide bonds. The molecule has 2 atom stereocenters. The zero-order valence-electron chi connectivity index (χ0n) is 11.2. The van der Waals surface area contributed by atoms with Crippen molar-refractivity contribution in [2.45, 2.75) is 52.7 Å². The maximum Gasteiger partial charge on any atom is 0.553 e. The van der Waals surface area contributed by atoms with E-state index in [9.17, 15) is 9.59 Å². The predicted molar refractivity (Wildman–Crippen MR) is 57.9 cm³/mol. The summed E-state index contributed by atoms with van der Waals surface area (Å²) >= 11 is 0. The van der Waals surface area contributed by atoms with E-state index in [0.29, 0.717) is 12.8 Å². The third-order valence-corrected chi connectivity index (χ3v) is 1.93. The average Bonchev–Trinajstić information content (AvgIpc) is 2.37. The maximum atomic E-state index is 10.8. The van der Waals surface area contributed by atoms with Crippen LogP contribution in [0.2, 0.25) is 0 Å². The van der Waals surface area contributed by atoms with Crippen LogP contribution in [-0.4, -0.2) is 24.5 Å². The molecule has 0 saturated carbocycles. The van der Waals surface area contributed by atoms with Gasteiger partial charge in [0.15, 0.2) is 0 Å². The van der Waals surface area contributed by atoms with Gasteiger partial charge in [-0.05, 0) is 36.8 Å². The molecule has 0 rings (SSSR count). The molecular weight excluding hydrogens is 264 g/mol. The Morgan fingerprint density at radius 2 is 1.21 bits per heavy atom. The van der Waals surface area contributed by atoms with Crippen molar-refractivity contribution in [3.8, 4) is 0 Å². The van der Waals surface area contributed by atoms with Gasteiger partial charge < -0.3 is 4.74 Å². The Hall–Kier alpha value is -1.42. The van der Waals surface area contributed by atoms with Gasteiger partial charge >= 0.3 is 12.3 Å². The highest BCUT2D eigenvalue weighted by Crippen LogP contribution is 2.00. The Balaban J connectivity index is 3.61. The van der Waals surface area contributed by atoms with E-state index in [1.165, 1.54) is 0 Å². The summed E-state index contributed by atoms with van der Waals surface area (Å²) in [5.74, 6) is 0. The molecule has 19 heavy (non-hydrogen) atoms. The van der Waals surface area contributed by atoms with Crippen LogP contribution in [0.25, 0.3) is 0 Å². The topological polar surface area (TPSA) is 98.8 Å². The van der Waals surface area contributed by atoms with Gasteiger partial charge in [-0.1, -0.05) is 13.8 Å². The predicted octanol–water partition coefficient (Wildman–Crippen LogP) is 2.60. The van der Waals surface area contributed by atoms with Gasteiger partial charge in [0.2, 0.25) is 0 Å². The van der Waals surface area contributed by atoms with E-state index in [4.69, 9.17) is 0 Å². The first-order valence-electron chi connectivity index (χ1n) is 5.75. The molecule has 0 aromatic heterocycles. The number of hydrogen-bond donors (Lipinski definition) is 0. The van der Waals surface area contributed by atoms with Gasteiger partial charge in [-0.2, -0.15) is 19.4 Å². The average molecular weight is 282 g/mol. The first-order chi connectivity index (χ1) is 8.99. The highest BCUT2D eigenvalue weighted by atomic mass is 17.5. The van der Waals surface area contributed by atoms with E-state index < -0.39 is 12.3 Å². The van der Waals surface area contributed by atoms with Crippen LogP contribution < -0.4 is 0 Å². The van der Waals surface area contributed by atoms with E-state index in [1.807, 2.05) is 13.8 Å². The molecule has 0 saturated heterocycles. The third kappa shape index (κ3) is 10.2. The summed E-state index contributed by atoms with van der Waals surface area (Å²) in [7, 11) is 0. The van der Waals surface area contributed by atoms with Gasteiger partial charge in [-0.25, -0.2) is 9.78 Å². The molecule has 0 aromatic carbocycles. The number of rotatable bonds is 8. The van der Waals surface area contributed by atoms with Crippen LogP contribution in [0.1, 0.15) is 40.5 Å². The Labute approximate surface area is 110 Å². The molecule has 0 aromatic rings. The highest BCUT2D eigenvalue weighted by Gasteiger charge is 2.17. The van der Waals surface area contributed by atoms with Crippen molar-refractivity contribution < 1.29 is 44.0 Å². The van der Waals surface area contributed by atoms with Crippen LogP contribution >= 0.6 is 0 Å². The van der Waals surface area contributed by atoms with E-state index >= 15 is 0 Å². The molecular formula is C10H18O9. The van der Waals surface area contributed by atoms with E-state index in [2.05, 4.69) is 34.4 Å². The summed E-state index contributed by atoms with van der Waals surface area (Å²) in [5.41, 5.74) is 0. The van der Waals surface area contributed by atoms with Crippen molar-refractivity contribution in [2.75, 3.05) is 0 Å². The molecule has 0 radical (unpaired) electrons. The number of hydrogen-bond acceptors (Lipinski definition) is 9. The maximum absolute atomic E-state index is 10.8. The van der Waals surface area contributed by atoms with Crippen LogP contribution in [0.5, 0.6) is 0 Å². The molecule has 0 aliphatic rings. The second-order valence-electron chi connectivity index (χ2n) is 3.53. The molecule has 0 aliphatic heterocycles. The molecule has 2 unspecified atom stereocenters. The van der Waals surface area contributed by atoms with Gasteiger partial charge in [0.25, 0.3) is 0 Å². The highest BCUT2D eigenvalue weighted by molar-refractivity contribution is 5.76. The van der Waals surface area contributed by atoms with Crippen LogP contribution in [0.4, 0.5) is 9.59 Å². The van der Waals surface area contributed by atoms with Crippen LogP contribution in [-0.2, 0) is 34.4 Å². The van der Waals surface area contributed by atoms with Crippen molar-refractivity contribution in [3.63, 3.8) is 0 Å². The van der Waals surface area contributed by atoms with Crippen LogP contribution in [0, 0.1) is 0 Å². The van der Waals surface area contributed by atoms with Gasteiger partial charge in [0.1, 0.15) is 0 Å². The summed E-state index contributed by atoms with van der Waals surface area (Å²) in [6, 6.07) is 0. The molecule has 0 heterocycles. The van der Waals surface area contributed by atoms with Gasteiger partial charge in [-0.15, -0.1) is 0 Å². The van der Waals surface area contributed by atoms with E-state index in [1.54, 1.807) is 13.8 Å². The summed E-state index contributed by atoms with van der Waals surface area (Å²) in [6.45, 7) is 7.03. The fourth-order valence-electron chi connectivity index (χ4n) is 0.467. The molecule has 112 valence electrons. The zero-order valence-corrected chi connectivity index (χ0v) is 11.2. The monoisotopic (exact) mass is 282 g/mol. The number of carbonyl (C=O) groups excluding carboxylic acids is 2. The van der Waals surface area contributed by atoms with E-state index in [-0.39, 0.29) is 12.2 Å². The molecule has 9 heteroatoms. The Bertz CT molecular complexity index is 242. The third-order valence-electron chi connectivity index (χ3n) is 1.93. The summed E-state index contributed by atoms with van der Waals surface area (Å²) in [4.78, 5) is 38.6. The first kappa shape index (κ1) is 17.6. The van der Waals surface area contributed by atoms with E-state index in [0.717, 1.165) is 0 Å². The zero-order chi connectivity index (χ0) is 14.7. The SMILES string of the molecule is CCC(C)OOOC(=O)OC(=O)OOOC(C)CC. The Morgan fingerprint density at radius 1 is 0.842 bits per heavy atom. The summed E-state index contributed by atoms with van der Waals surface area (Å²) in [6.07, 6.45) is -2.23. The Morgan fingerprint density at radius 3 is 1.53 bits per heavy atom. The van der Waals surface area contributed by atoms with Crippen molar-refractivity contribution in [2.24, 2.45) is 0 Å². The molecule has 0 fully saturated rings. The first-order valence-corrected chi connectivity index (χ1v) is 5.75. The second kappa shape index (κ2) is 10.5. The lowest BCUT2D eigenvalue weighted by atomic mass is 10.3. The van der Waals surface area contributed by atoms with Gasteiger partial charge in [-0.3, -0.25) is 0 Å². The lowest BCUT2D eigenvalue weighted by molar-refractivity contribution is -0.506. The minimum Gasteiger partial charge on any atom is -0.323 e. The molecule has 0 aliphatic carbocycles. The van der Waals surface area contributed by atoms with Crippen LogP contribution in [0.15, 0.2) is 0 Å². The number of ether oxygens (including phenoxy) is 1. The minimum atomic E-state index is -1.47. The molecule has 0 bridgehead atoms. The van der Waals surface area contributed by atoms with Crippen LogP contribution in [0.3, 0.4) is 0 Å². The lowest BCUT2D eigenvalue weighted by Crippen LogP contribution is -2.18. The second-order valence-corrected chi connectivity index (χ2v) is 3.53. The molecule has 0 spiro atoms. The van der Waals surface area contributed by atoms with Crippen molar-refractivity contribution in [3.05, 3.63) is 0 Å². The molecule has 9 nitrogen and oxygen atoms in total. The summed E-state index contributed by atoms with van der Waals surface area (Å²) in [5, 5.41) is 8.11. The molecule has 0 N–H and O–H groups in total. The smallest absolute Gasteiger partial charge is 0.323 e. The standard InChI is InChI=1S/C10H18O9/c1-5-7(3)14-18-16-9(11)13-10(12)17-19-15-8(4)6-2/h7-8H,5-6H2,1-4H3. The quantitative estimate of drug-likeness (QED) is 0.288. The summed E-state index contributed by atoms with van der Waals surface area (Å²) < 4.78 is 3.95.